The van der Waals surface area contributed by atoms with Crippen molar-refractivity contribution in [3.63, 3.8) is 0 Å². The highest BCUT2D eigenvalue weighted by molar-refractivity contribution is 5.94. The molecule has 0 saturated carbocycles. The average molecular weight is 389 g/mol. The van der Waals surface area contributed by atoms with E-state index >= 15 is 0 Å². The molecule has 146 valence electrons. The standard InChI is InChI=1S/C18H16F5NO3/c1-24(10-11-3-6-13(7-4-11)18(21,22)23)16(25)12-5-8-14(26-2)15(9-12)27-17(19)20/h3-9,17H,10H2,1-2H3. The number of hydrogen-bond acceptors (Lipinski definition) is 3. The quantitative estimate of drug-likeness (QED) is 0.679. The zero-order chi connectivity index (χ0) is 20.2. The Morgan fingerprint density at radius 3 is 2.22 bits per heavy atom. The van der Waals surface area contributed by atoms with E-state index in [0.29, 0.717) is 5.56 Å². The van der Waals surface area contributed by atoms with Crippen molar-refractivity contribution in [2.75, 3.05) is 14.2 Å². The highest BCUT2D eigenvalue weighted by atomic mass is 19.4. The van der Waals surface area contributed by atoms with Crippen LogP contribution in [0, 0.1) is 0 Å². The van der Waals surface area contributed by atoms with Crippen LogP contribution in [0.15, 0.2) is 42.5 Å². The van der Waals surface area contributed by atoms with Gasteiger partial charge < -0.3 is 14.4 Å². The van der Waals surface area contributed by atoms with E-state index in [1.807, 2.05) is 0 Å². The molecular formula is C18H16F5NO3. The van der Waals surface area contributed by atoms with Crippen molar-refractivity contribution in [2.24, 2.45) is 0 Å². The Morgan fingerprint density at radius 2 is 1.70 bits per heavy atom. The molecule has 0 heterocycles. The van der Waals surface area contributed by atoms with Crippen LogP contribution in [-0.4, -0.2) is 31.6 Å². The Kier molecular flexibility index (Phi) is 6.24. The van der Waals surface area contributed by atoms with Crippen molar-refractivity contribution in [2.45, 2.75) is 19.3 Å². The van der Waals surface area contributed by atoms with Gasteiger partial charge in [-0.2, -0.15) is 22.0 Å². The van der Waals surface area contributed by atoms with Crippen molar-refractivity contribution < 1.29 is 36.2 Å². The number of carbonyl (C=O) groups excluding carboxylic acids is 1. The first kappa shape index (κ1) is 20.5. The highest BCUT2D eigenvalue weighted by Gasteiger charge is 2.30. The van der Waals surface area contributed by atoms with Crippen LogP contribution in [0.1, 0.15) is 21.5 Å². The molecule has 0 spiro atoms. The Morgan fingerprint density at radius 1 is 1.07 bits per heavy atom. The van der Waals surface area contributed by atoms with E-state index < -0.39 is 24.3 Å². The van der Waals surface area contributed by atoms with Gasteiger partial charge in [0.1, 0.15) is 0 Å². The topological polar surface area (TPSA) is 38.8 Å². The molecule has 0 N–H and O–H groups in total. The van der Waals surface area contributed by atoms with Crippen LogP contribution in [0.3, 0.4) is 0 Å². The molecular weight excluding hydrogens is 373 g/mol. The molecule has 0 aliphatic rings. The van der Waals surface area contributed by atoms with E-state index in [1.54, 1.807) is 0 Å². The summed E-state index contributed by atoms with van der Waals surface area (Å²) in [5.41, 5.74) is -0.235. The maximum absolute atomic E-state index is 12.6. The van der Waals surface area contributed by atoms with Crippen LogP contribution < -0.4 is 9.47 Å². The molecule has 2 aromatic carbocycles. The average Bonchev–Trinajstić information content (AvgIpc) is 2.60. The van der Waals surface area contributed by atoms with Crippen molar-refractivity contribution in [3.05, 3.63) is 59.2 Å². The van der Waals surface area contributed by atoms with Gasteiger partial charge in [0.15, 0.2) is 11.5 Å². The third kappa shape index (κ3) is 5.32. The number of methoxy groups -OCH3 is 1. The summed E-state index contributed by atoms with van der Waals surface area (Å²) in [5, 5.41) is 0. The van der Waals surface area contributed by atoms with Crippen molar-refractivity contribution in [3.8, 4) is 11.5 Å². The number of rotatable bonds is 6. The number of ether oxygens (including phenoxy) is 2. The van der Waals surface area contributed by atoms with E-state index in [4.69, 9.17) is 4.74 Å². The molecule has 0 saturated heterocycles. The maximum Gasteiger partial charge on any atom is 0.416 e. The minimum absolute atomic E-state index is 0.0358. The van der Waals surface area contributed by atoms with Crippen LogP contribution >= 0.6 is 0 Å². The summed E-state index contributed by atoms with van der Waals surface area (Å²) in [6, 6.07) is 8.21. The Labute approximate surface area is 152 Å². The molecule has 2 rings (SSSR count). The molecule has 0 atom stereocenters. The van der Waals surface area contributed by atoms with Gasteiger partial charge in [0.05, 0.1) is 12.7 Å². The summed E-state index contributed by atoms with van der Waals surface area (Å²) in [4.78, 5) is 13.7. The van der Waals surface area contributed by atoms with Gasteiger partial charge >= 0.3 is 12.8 Å². The SMILES string of the molecule is COc1ccc(C(=O)N(C)Cc2ccc(C(F)(F)F)cc2)cc1OC(F)F. The number of amides is 1. The summed E-state index contributed by atoms with van der Waals surface area (Å²) in [6.07, 6.45) is -4.44. The molecule has 2 aromatic rings. The lowest BCUT2D eigenvalue weighted by Gasteiger charge is -2.19. The first-order valence-electron chi connectivity index (χ1n) is 7.66. The van der Waals surface area contributed by atoms with Gasteiger partial charge in [0, 0.05) is 19.2 Å². The molecule has 0 aromatic heterocycles. The lowest BCUT2D eigenvalue weighted by atomic mass is 10.1. The third-order valence-corrected chi connectivity index (χ3v) is 3.67. The van der Waals surface area contributed by atoms with Crippen LogP contribution in [-0.2, 0) is 12.7 Å². The van der Waals surface area contributed by atoms with Crippen molar-refractivity contribution >= 4 is 5.91 Å². The molecule has 0 radical (unpaired) electrons. The van der Waals surface area contributed by atoms with Gasteiger partial charge in [0.25, 0.3) is 5.91 Å². The molecule has 0 unspecified atom stereocenters. The predicted octanol–water partition coefficient (Wildman–Crippen LogP) is 4.59. The smallest absolute Gasteiger partial charge is 0.416 e. The molecule has 0 aliphatic heterocycles. The number of hydrogen-bond donors (Lipinski definition) is 0. The van der Waals surface area contributed by atoms with Gasteiger partial charge in [-0.15, -0.1) is 0 Å². The Bertz CT molecular complexity index is 791. The van der Waals surface area contributed by atoms with Gasteiger partial charge in [-0.3, -0.25) is 4.79 Å². The fourth-order valence-electron chi connectivity index (χ4n) is 2.36. The monoisotopic (exact) mass is 389 g/mol. The Balaban J connectivity index is 2.15. The molecule has 4 nitrogen and oxygen atoms in total. The van der Waals surface area contributed by atoms with E-state index in [2.05, 4.69) is 4.74 Å². The van der Waals surface area contributed by atoms with Crippen LogP contribution in [0.2, 0.25) is 0 Å². The van der Waals surface area contributed by atoms with Gasteiger partial charge in [-0.25, -0.2) is 0 Å². The van der Waals surface area contributed by atoms with E-state index in [9.17, 15) is 26.7 Å². The number of benzene rings is 2. The summed E-state index contributed by atoms with van der Waals surface area (Å²) >= 11 is 0. The zero-order valence-corrected chi connectivity index (χ0v) is 14.4. The summed E-state index contributed by atoms with van der Waals surface area (Å²) in [7, 11) is 2.71. The second kappa shape index (κ2) is 8.24. The largest absolute Gasteiger partial charge is 0.493 e. The van der Waals surface area contributed by atoms with Gasteiger partial charge in [-0.05, 0) is 35.9 Å². The molecule has 0 aliphatic carbocycles. The lowest BCUT2D eigenvalue weighted by molar-refractivity contribution is -0.137. The molecule has 1 amide bonds. The highest BCUT2D eigenvalue weighted by Crippen LogP contribution is 2.31. The number of halogens is 5. The zero-order valence-electron chi connectivity index (χ0n) is 14.4. The fourth-order valence-corrected chi connectivity index (χ4v) is 2.36. The second-order valence-electron chi connectivity index (χ2n) is 5.60. The second-order valence-corrected chi connectivity index (χ2v) is 5.60. The third-order valence-electron chi connectivity index (χ3n) is 3.67. The van der Waals surface area contributed by atoms with Crippen LogP contribution in [0.5, 0.6) is 11.5 Å². The minimum atomic E-state index is -4.44. The lowest BCUT2D eigenvalue weighted by Crippen LogP contribution is -2.26. The molecule has 27 heavy (non-hydrogen) atoms. The van der Waals surface area contributed by atoms with Gasteiger partial charge in [-0.1, -0.05) is 12.1 Å². The number of nitrogens with zero attached hydrogens (tertiary/aromatic N) is 1. The molecule has 0 bridgehead atoms. The maximum atomic E-state index is 12.6. The predicted molar refractivity (Wildman–Crippen MR) is 86.9 cm³/mol. The summed E-state index contributed by atoms with van der Waals surface area (Å²) < 4.78 is 71.9. The minimum Gasteiger partial charge on any atom is -0.493 e. The first-order valence-corrected chi connectivity index (χ1v) is 7.66. The molecule has 0 fully saturated rings. The van der Waals surface area contributed by atoms with E-state index in [1.165, 1.54) is 43.3 Å². The van der Waals surface area contributed by atoms with Crippen LogP contribution in [0.4, 0.5) is 22.0 Å². The van der Waals surface area contributed by atoms with E-state index in [0.717, 1.165) is 18.2 Å². The van der Waals surface area contributed by atoms with Crippen molar-refractivity contribution in [1.29, 1.82) is 0 Å². The van der Waals surface area contributed by atoms with Crippen molar-refractivity contribution in [1.82, 2.24) is 4.90 Å². The van der Waals surface area contributed by atoms with Crippen LogP contribution in [0.25, 0.3) is 0 Å². The Hall–Kier alpha value is -2.84. The van der Waals surface area contributed by atoms with E-state index in [-0.39, 0.29) is 23.6 Å². The summed E-state index contributed by atoms with van der Waals surface area (Å²) in [5.74, 6) is -0.768. The summed E-state index contributed by atoms with van der Waals surface area (Å²) in [6.45, 7) is -3.05. The first-order chi connectivity index (χ1) is 12.6. The number of alkyl halides is 5. The molecule has 9 heteroatoms. The number of carbonyl (C=O) groups is 1. The van der Waals surface area contributed by atoms with Gasteiger partial charge in [0.2, 0.25) is 0 Å². The fraction of sp³-hybridized carbons (Fsp3) is 0.278. The normalized spacial score (nSPS) is 11.4.